The quantitative estimate of drug-likeness (QED) is 0.883. The monoisotopic (exact) mass is 258 g/mol. The molecule has 1 aromatic carbocycles. The molecule has 2 N–H and O–H groups in total. The van der Waals surface area contributed by atoms with E-state index in [4.69, 9.17) is 10.5 Å². The number of anilines is 1. The number of ether oxygens (including phenoxy) is 1. The highest BCUT2D eigenvalue weighted by atomic mass is 16.5. The normalized spacial score (nSPS) is 11.2. The Hall–Kier alpha value is -1.77. The molecule has 19 heavy (non-hydrogen) atoms. The maximum Gasteiger partial charge on any atom is 0.130 e. The SMILES string of the molecule is CCC(CC)COc1cccc2nc(C)cc(N)c12. The minimum atomic E-state index is 0.592. The highest BCUT2D eigenvalue weighted by molar-refractivity contribution is 5.95. The van der Waals surface area contributed by atoms with E-state index >= 15 is 0 Å². The molecule has 0 aliphatic heterocycles. The highest BCUT2D eigenvalue weighted by Crippen LogP contribution is 2.30. The molecule has 0 aliphatic carbocycles. The molecule has 0 saturated carbocycles. The maximum atomic E-state index is 6.11. The van der Waals surface area contributed by atoms with Gasteiger partial charge in [-0.2, -0.15) is 0 Å². The van der Waals surface area contributed by atoms with E-state index in [9.17, 15) is 0 Å². The Balaban J connectivity index is 2.33. The summed E-state index contributed by atoms with van der Waals surface area (Å²) in [4.78, 5) is 4.50. The molecule has 1 aromatic heterocycles. The van der Waals surface area contributed by atoms with Crippen LogP contribution in [0.15, 0.2) is 24.3 Å². The second kappa shape index (κ2) is 5.91. The number of nitrogens with zero attached hydrogens (tertiary/aromatic N) is 1. The van der Waals surface area contributed by atoms with E-state index in [1.807, 2.05) is 31.2 Å². The van der Waals surface area contributed by atoms with Crippen molar-refractivity contribution in [1.82, 2.24) is 4.98 Å². The lowest BCUT2D eigenvalue weighted by Crippen LogP contribution is -2.10. The molecule has 0 atom stereocenters. The Morgan fingerprint density at radius 1 is 1.26 bits per heavy atom. The lowest BCUT2D eigenvalue weighted by atomic mass is 10.1. The van der Waals surface area contributed by atoms with E-state index in [1.165, 1.54) is 0 Å². The van der Waals surface area contributed by atoms with Gasteiger partial charge in [0.15, 0.2) is 0 Å². The molecule has 2 rings (SSSR count). The first-order chi connectivity index (χ1) is 9.15. The molecule has 0 radical (unpaired) electrons. The van der Waals surface area contributed by atoms with Crippen molar-refractivity contribution in [1.29, 1.82) is 0 Å². The van der Waals surface area contributed by atoms with Crippen molar-refractivity contribution < 1.29 is 4.74 Å². The van der Waals surface area contributed by atoms with Gasteiger partial charge in [0, 0.05) is 11.4 Å². The smallest absolute Gasteiger partial charge is 0.130 e. The Kier molecular flexibility index (Phi) is 4.25. The van der Waals surface area contributed by atoms with Gasteiger partial charge in [-0.15, -0.1) is 0 Å². The van der Waals surface area contributed by atoms with Crippen LogP contribution in [0.3, 0.4) is 0 Å². The fourth-order valence-corrected chi connectivity index (χ4v) is 2.27. The summed E-state index contributed by atoms with van der Waals surface area (Å²) in [5.41, 5.74) is 8.68. The van der Waals surface area contributed by atoms with E-state index in [1.54, 1.807) is 0 Å². The molecule has 3 heteroatoms. The Morgan fingerprint density at radius 3 is 2.68 bits per heavy atom. The molecule has 0 amide bonds. The number of hydrogen-bond donors (Lipinski definition) is 1. The standard InChI is InChI=1S/C16H22N2O/c1-4-12(5-2)10-19-15-8-6-7-14-16(15)13(17)9-11(3)18-14/h6-9,12H,4-5,10H2,1-3H3,(H2,17,18). The van der Waals surface area contributed by atoms with Gasteiger partial charge in [-0.05, 0) is 31.0 Å². The number of fused-ring (bicyclic) bond motifs is 1. The van der Waals surface area contributed by atoms with Gasteiger partial charge in [0.25, 0.3) is 0 Å². The van der Waals surface area contributed by atoms with Crippen LogP contribution in [0, 0.1) is 12.8 Å². The van der Waals surface area contributed by atoms with Crippen molar-refractivity contribution >= 4 is 16.6 Å². The molecule has 3 nitrogen and oxygen atoms in total. The summed E-state index contributed by atoms with van der Waals surface area (Å²) >= 11 is 0. The van der Waals surface area contributed by atoms with Gasteiger partial charge in [0.05, 0.1) is 17.5 Å². The fourth-order valence-electron chi connectivity index (χ4n) is 2.27. The van der Waals surface area contributed by atoms with Crippen LogP contribution < -0.4 is 10.5 Å². The van der Waals surface area contributed by atoms with E-state index in [2.05, 4.69) is 18.8 Å². The maximum absolute atomic E-state index is 6.11. The van der Waals surface area contributed by atoms with Gasteiger partial charge in [-0.1, -0.05) is 32.8 Å². The average molecular weight is 258 g/mol. The van der Waals surface area contributed by atoms with Crippen molar-refractivity contribution in [2.24, 2.45) is 5.92 Å². The Labute approximate surface area is 114 Å². The van der Waals surface area contributed by atoms with E-state index < -0.39 is 0 Å². The topological polar surface area (TPSA) is 48.1 Å². The minimum absolute atomic E-state index is 0.592. The fraction of sp³-hybridized carbons (Fsp3) is 0.438. The van der Waals surface area contributed by atoms with Crippen LogP contribution in [0.5, 0.6) is 5.75 Å². The average Bonchev–Trinajstić information content (AvgIpc) is 2.39. The number of aryl methyl sites for hydroxylation is 1. The molecule has 1 heterocycles. The summed E-state index contributed by atoms with van der Waals surface area (Å²) < 4.78 is 5.96. The third-order valence-corrected chi connectivity index (χ3v) is 3.58. The zero-order valence-corrected chi connectivity index (χ0v) is 11.9. The largest absolute Gasteiger partial charge is 0.493 e. The molecular weight excluding hydrogens is 236 g/mol. The molecule has 0 aliphatic rings. The van der Waals surface area contributed by atoms with Gasteiger partial charge in [0.2, 0.25) is 0 Å². The number of nitrogen functional groups attached to an aromatic ring is 1. The van der Waals surface area contributed by atoms with Crippen LogP contribution in [0.4, 0.5) is 5.69 Å². The number of benzene rings is 1. The van der Waals surface area contributed by atoms with Gasteiger partial charge < -0.3 is 10.5 Å². The summed E-state index contributed by atoms with van der Waals surface area (Å²) in [5.74, 6) is 1.43. The van der Waals surface area contributed by atoms with E-state index in [0.29, 0.717) is 5.92 Å². The molecule has 0 bridgehead atoms. The summed E-state index contributed by atoms with van der Waals surface area (Å²) in [5, 5.41) is 0.930. The molecule has 0 saturated heterocycles. The van der Waals surface area contributed by atoms with Crippen LogP contribution in [0.2, 0.25) is 0 Å². The molecule has 102 valence electrons. The zero-order chi connectivity index (χ0) is 13.8. The lowest BCUT2D eigenvalue weighted by molar-refractivity contribution is 0.243. The second-order valence-corrected chi connectivity index (χ2v) is 5.00. The molecule has 0 spiro atoms. The predicted octanol–water partition coefficient (Wildman–Crippen LogP) is 3.94. The number of nitrogens with two attached hydrogens (primary N) is 1. The van der Waals surface area contributed by atoms with Gasteiger partial charge >= 0.3 is 0 Å². The molecule has 2 aromatic rings. The number of pyridine rings is 1. The first-order valence-electron chi connectivity index (χ1n) is 6.94. The summed E-state index contributed by atoms with van der Waals surface area (Å²) in [6, 6.07) is 7.81. The van der Waals surface area contributed by atoms with Gasteiger partial charge in [0.1, 0.15) is 5.75 Å². The number of hydrogen-bond acceptors (Lipinski definition) is 3. The zero-order valence-electron chi connectivity index (χ0n) is 11.9. The van der Waals surface area contributed by atoms with Crippen molar-refractivity contribution in [2.75, 3.05) is 12.3 Å². The van der Waals surface area contributed by atoms with Crippen molar-refractivity contribution in [3.8, 4) is 5.75 Å². The molecule has 0 fully saturated rings. The van der Waals surface area contributed by atoms with E-state index in [0.717, 1.165) is 47.5 Å². The first-order valence-corrected chi connectivity index (χ1v) is 6.94. The third kappa shape index (κ3) is 2.98. The second-order valence-electron chi connectivity index (χ2n) is 5.00. The van der Waals surface area contributed by atoms with Crippen LogP contribution in [-0.4, -0.2) is 11.6 Å². The minimum Gasteiger partial charge on any atom is -0.493 e. The summed E-state index contributed by atoms with van der Waals surface area (Å²) in [7, 11) is 0. The number of rotatable bonds is 5. The number of aromatic nitrogens is 1. The summed E-state index contributed by atoms with van der Waals surface area (Å²) in [6.07, 6.45) is 2.27. The van der Waals surface area contributed by atoms with Crippen molar-refractivity contribution in [3.63, 3.8) is 0 Å². The first kappa shape index (κ1) is 13.7. The van der Waals surface area contributed by atoms with Gasteiger partial charge in [-0.3, -0.25) is 4.98 Å². The van der Waals surface area contributed by atoms with E-state index in [-0.39, 0.29) is 0 Å². The van der Waals surface area contributed by atoms with Crippen LogP contribution in [0.25, 0.3) is 10.9 Å². The lowest BCUT2D eigenvalue weighted by Gasteiger charge is -2.16. The van der Waals surface area contributed by atoms with Crippen LogP contribution in [0.1, 0.15) is 32.4 Å². The summed E-state index contributed by atoms with van der Waals surface area (Å²) in [6.45, 7) is 7.08. The van der Waals surface area contributed by atoms with Gasteiger partial charge in [-0.25, -0.2) is 0 Å². The van der Waals surface area contributed by atoms with Crippen LogP contribution in [-0.2, 0) is 0 Å². The highest BCUT2D eigenvalue weighted by Gasteiger charge is 2.10. The molecule has 0 unspecified atom stereocenters. The van der Waals surface area contributed by atoms with Crippen molar-refractivity contribution in [2.45, 2.75) is 33.6 Å². The Morgan fingerprint density at radius 2 is 2.00 bits per heavy atom. The molecular formula is C16H22N2O. The van der Waals surface area contributed by atoms with Crippen LogP contribution >= 0.6 is 0 Å². The predicted molar refractivity (Wildman–Crippen MR) is 80.5 cm³/mol. The third-order valence-electron chi connectivity index (χ3n) is 3.58. The van der Waals surface area contributed by atoms with Crippen molar-refractivity contribution in [3.05, 3.63) is 30.0 Å². The Bertz CT molecular complexity index is 562.